The number of ether oxygens (including phenoxy) is 1. The summed E-state index contributed by atoms with van der Waals surface area (Å²) >= 11 is 1.60. The smallest absolute Gasteiger partial charge is 0.302 e. The van der Waals surface area contributed by atoms with E-state index in [-0.39, 0.29) is 13.4 Å². The molecule has 0 bridgehead atoms. The first kappa shape index (κ1) is 12.1. The number of aryl methyl sites for hydroxylation is 1. The number of aromatic nitrogens is 1. The van der Waals surface area contributed by atoms with E-state index in [0.29, 0.717) is 6.61 Å². The zero-order valence-corrected chi connectivity index (χ0v) is 8.98. The van der Waals surface area contributed by atoms with Gasteiger partial charge in [-0.15, -0.1) is 11.3 Å². The van der Waals surface area contributed by atoms with Crippen molar-refractivity contribution in [2.45, 2.75) is 20.3 Å². The molecule has 1 rings (SSSR count). The Labute approximate surface area is 82.8 Å². The van der Waals surface area contributed by atoms with Gasteiger partial charge >= 0.3 is 5.97 Å². The van der Waals surface area contributed by atoms with Gasteiger partial charge in [-0.1, -0.05) is 7.43 Å². The molecule has 0 N–H and O–H groups in total. The maximum atomic E-state index is 10.4. The van der Waals surface area contributed by atoms with E-state index in [9.17, 15) is 4.79 Å². The molecule has 0 saturated heterocycles. The Balaban J connectivity index is 0.00000144. The largest absolute Gasteiger partial charge is 0.465 e. The molecule has 0 spiro atoms. The van der Waals surface area contributed by atoms with Crippen molar-refractivity contribution in [2.75, 3.05) is 6.61 Å². The van der Waals surface area contributed by atoms with E-state index in [2.05, 4.69) is 4.98 Å². The van der Waals surface area contributed by atoms with Gasteiger partial charge in [-0.05, 0) is 6.92 Å². The van der Waals surface area contributed by atoms with Crippen LogP contribution in [0.5, 0.6) is 0 Å². The zero-order chi connectivity index (χ0) is 8.97. The topological polar surface area (TPSA) is 39.2 Å². The minimum absolute atomic E-state index is 0. The van der Waals surface area contributed by atoms with Gasteiger partial charge < -0.3 is 4.74 Å². The molecule has 1 aromatic heterocycles. The molecule has 73 valence electrons. The van der Waals surface area contributed by atoms with E-state index >= 15 is 0 Å². The Morgan fingerprint density at radius 2 is 2.38 bits per heavy atom. The van der Waals surface area contributed by atoms with Crippen LogP contribution in [-0.2, 0) is 16.0 Å². The number of thiazole rings is 1. The van der Waals surface area contributed by atoms with Crippen molar-refractivity contribution in [2.24, 2.45) is 0 Å². The van der Waals surface area contributed by atoms with E-state index in [1.165, 1.54) is 11.8 Å². The van der Waals surface area contributed by atoms with E-state index in [0.717, 1.165) is 12.1 Å². The number of rotatable bonds is 3. The van der Waals surface area contributed by atoms with Crippen molar-refractivity contribution in [1.29, 1.82) is 0 Å². The van der Waals surface area contributed by atoms with Crippen molar-refractivity contribution in [1.82, 2.24) is 4.98 Å². The second-order valence-corrected chi connectivity index (χ2v) is 3.39. The molecule has 0 aromatic carbocycles. The van der Waals surface area contributed by atoms with Crippen LogP contribution in [0.2, 0.25) is 0 Å². The second-order valence-electron chi connectivity index (χ2n) is 2.45. The van der Waals surface area contributed by atoms with Crippen LogP contribution < -0.4 is 0 Å². The van der Waals surface area contributed by atoms with E-state index in [4.69, 9.17) is 4.74 Å². The molecular weight excluding hydrogens is 186 g/mol. The third-order valence-corrected chi connectivity index (χ3v) is 2.47. The molecule has 0 saturated carbocycles. The third-order valence-electron chi connectivity index (χ3n) is 1.48. The van der Waals surface area contributed by atoms with E-state index in [1.807, 2.05) is 6.92 Å². The highest BCUT2D eigenvalue weighted by molar-refractivity contribution is 7.09. The molecule has 0 aliphatic rings. The molecule has 0 amide bonds. The fourth-order valence-electron chi connectivity index (χ4n) is 0.854. The van der Waals surface area contributed by atoms with Gasteiger partial charge in [0.2, 0.25) is 0 Å². The Morgan fingerprint density at radius 3 is 2.85 bits per heavy atom. The lowest BCUT2D eigenvalue weighted by molar-refractivity contribution is -0.140. The number of hydrogen-bond donors (Lipinski definition) is 0. The number of carbonyl (C=O) groups is 1. The van der Waals surface area contributed by atoms with Crippen LogP contribution in [-0.4, -0.2) is 17.6 Å². The molecule has 0 fully saturated rings. The molecule has 0 atom stereocenters. The predicted octanol–water partition coefficient (Wildman–Crippen LogP) is 2.01. The minimum Gasteiger partial charge on any atom is -0.465 e. The van der Waals surface area contributed by atoms with Crippen LogP contribution in [0.4, 0.5) is 0 Å². The minimum atomic E-state index is -0.225. The zero-order valence-electron chi connectivity index (χ0n) is 8.16. The van der Waals surface area contributed by atoms with E-state index < -0.39 is 0 Å². The summed E-state index contributed by atoms with van der Waals surface area (Å²) in [4.78, 5) is 15.7. The second kappa shape index (κ2) is 5.70. The lowest BCUT2D eigenvalue weighted by Gasteiger charge is -1.99. The fraction of sp³-hybridized carbons (Fsp3) is 0.444. The average Bonchev–Trinajstić information content (AvgIpc) is 2.36. The summed E-state index contributed by atoms with van der Waals surface area (Å²) in [6.45, 7) is 3.83. The summed E-state index contributed by atoms with van der Waals surface area (Å²) < 4.78 is 4.81. The number of hydrogen-bond acceptors (Lipinski definition) is 4. The Hall–Kier alpha value is -0.900. The average molecular weight is 200 g/mol. The van der Waals surface area contributed by atoms with Gasteiger partial charge in [0, 0.05) is 18.2 Å². The summed E-state index contributed by atoms with van der Waals surface area (Å²) in [5, 5.41) is 0. The van der Waals surface area contributed by atoms with Gasteiger partial charge in [-0.2, -0.15) is 0 Å². The molecule has 13 heavy (non-hydrogen) atoms. The molecule has 1 radical (unpaired) electrons. The highest BCUT2D eigenvalue weighted by atomic mass is 32.1. The highest BCUT2D eigenvalue weighted by Gasteiger charge is 2.01. The van der Waals surface area contributed by atoms with Crippen molar-refractivity contribution >= 4 is 17.3 Å². The summed E-state index contributed by atoms with van der Waals surface area (Å²) in [7, 11) is 0. The van der Waals surface area contributed by atoms with Crippen molar-refractivity contribution in [3.8, 4) is 0 Å². The molecule has 0 aliphatic carbocycles. The van der Waals surface area contributed by atoms with Gasteiger partial charge in [0.1, 0.15) is 0 Å². The molecule has 1 heterocycles. The monoisotopic (exact) mass is 200 g/mol. The standard InChI is InChI=1S/C8H11NO2S.CH3/c1-6-8(12-5-9-6)3-4-11-7(2)10;/h5H,3-4H2,1-2H3;1H3. The van der Waals surface area contributed by atoms with Crippen LogP contribution >= 0.6 is 11.3 Å². The predicted molar refractivity (Wildman–Crippen MR) is 53.6 cm³/mol. The lowest BCUT2D eigenvalue weighted by Crippen LogP contribution is -2.02. The van der Waals surface area contributed by atoms with Crippen LogP contribution in [0, 0.1) is 14.4 Å². The fourth-order valence-corrected chi connectivity index (χ4v) is 1.62. The Bertz CT molecular complexity index is 270. The van der Waals surface area contributed by atoms with Gasteiger partial charge in [0.15, 0.2) is 0 Å². The maximum Gasteiger partial charge on any atom is 0.302 e. The van der Waals surface area contributed by atoms with Crippen molar-refractivity contribution in [3.05, 3.63) is 23.5 Å². The molecular formula is C9H14NO2S. The Kier molecular flexibility index (Phi) is 5.30. The first-order chi connectivity index (χ1) is 5.70. The van der Waals surface area contributed by atoms with Crippen LogP contribution in [0.3, 0.4) is 0 Å². The Morgan fingerprint density at radius 1 is 1.69 bits per heavy atom. The highest BCUT2D eigenvalue weighted by Crippen LogP contribution is 2.12. The third kappa shape index (κ3) is 4.03. The first-order valence-electron chi connectivity index (χ1n) is 3.72. The molecule has 1 aromatic rings. The molecule has 4 heteroatoms. The van der Waals surface area contributed by atoms with Crippen LogP contribution in [0.15, 0.2) is 5.51 Å². The van der Waals surface area contributed by atoms with E-state index in [1.54, 1.807) is 16.8 Å². The van der Waals surface area contributed by atoms with Crippen molar-refractivity contribution < 1.29 is 9.53 Å². The lowest BCUT2D eigenvalue weighted by atomic mass is 10.3. The molecule has 0 unspecified atom stereocenters. The first-order valence-corrected chi connectivity index (χ1v) is 4.60. The number of nitrogens with zero attached hydrogens (tertiary/aromatic N) is 1. The van der Waals surface area contributed by atoms with Gasteiger partial charge in [-0.3, -0.25) is 4.79 Å². The molecule has 0 aliphatic heterocycles. The summed E-state index contributed by atoms with van der Waals surface area (Å²) in [5.41, 5.74) is 2.84. The quantitative estimate of drug-likeness (QED) is 0.701. The van der Waals surface area contributed by atoms with Crippen molar-refractivity contribution in [3.63, 3.8) is 0 Å². The maximum absolute atomic E-state index is 10.4. The van der Waals surface area contributed by atoms with Crippen LogP contribution in [0.25, 0.3) is 0 Å². The van der Waals surface area contributed by atoms with Gasteiger partial charge in [-0.25, -0.2) is 4.98 Å². The summed E-state index contributed by atoms with van der Waals surface area (Å²) in [6.07, 6.45) is 0.774. The SMILES string of the molecule is CC(=O)OCCc1scnc1C.[CH3]. The van der Waals surface area contributed by atoms with Gasteiger partial charge in [0.05, 0.1) is 17.8 Å². The summed E-state index contributed by atoms with van der Waals surface area (Å²) in [5.74, 6) is -0.225. The van der Waals surface area contributed by atoms with Crippen LogP contribution in [0.1, 0.15) is 17.5 Å². The number of esters is 1. The molecule has 3 nitrogen and oxygen atoms in total. The normalized spacial score (nSPS) is 9.08. The number of carbonyl (C=O) groups excluding carboxylic acids is 1. The summed E-state index contributed by atoms with van der Waals surface area (Å²) in [6, 6.07) is 0. The van der Waals surface area contributed by atoms with Gasteiger partial charge in [0.25, 0.3) is 0 Å².